The maximum absolute atomic E-state index is 11.1. The Balaban J connectivity index is 1.30. The van der Waals surface area contributed by atoms with E-state index in [1.54, 1.807) is 11.3 Å². The number of nitrogens with two attached hydrogens (primary N) is 1. The summed E-state index contributed by atoms with van der Waals surface area (Å²) < 4.78 is 12.4. The van der Waals surface area contributed by atoms with Crippen LogP contribution in [0.3, 0.4) is 0 Å². The second-order valence-electron chi connectivity index (χ2n) is 8.27. The third kappa shape index (κ3) is 4.91. The molecule has 0 saturated carbocycles. The number of primary amides is 1. The van der Waals surface area contributed by atoms with Crippen molar-refractivity contribution in [3.63, 3.8) is 0 Å². The molecule has 1 aliphatic rings. The van der Waals surface area contributed by atoms with Crippen LogP contribution in [0.2, 0.25) is 0 Å². The quantitative estimate of drug-likeness (QED) is 0.589. The number of para-hydroxylation sites is 1. The smallest absolute Gasteiger partial charge is 0.405 e. The third-order valence-corrected chi connectivity index (χ3v) is 6.66. The largest absolute Gasteiger partial charge is 0.443 e. The Morgan fingerprint density at radius 3 is 2.53 bits per heavy atom. The predicted molar refractivity (Wildman–Crippen MR) is 119 cm³/mol. The van der Waals surface area contributed by atoms with Gasteiger partial charge in [-0.25, -0.2) is 9.78 Å². The second kappa shape index (κ2) is 8.62. The van der Waals surface area contributed by atoms with Crippen molar-refractivity contribution < 1.29 is 14.3 Å². The molecule has 0 bridgehead atoms. The molecule has 1 aromatic heterocycles. The molecule has 7 heteroatoms. The number of benzene rings is 2. The first kappa shape index (κ1) is 20.6. The van der Waals surface area contributed by atoms with Gasteiger partial charge in [-0.15, -0.1) is 0 Å². The van der Waals surface area contributed by atoms with Crippen molar-refractivity contribution in [1.82, 2.24) is 9.88 Å². The molecule has 1 fully saturated rings. The van der Waals surface area contributed by atoms with E-state index in [0.29, 0.717) is 11.1 Å². The van der Waals surface area contributed by atoms with Gasteiger partial charge in [0.15, 0.2) is 0 Å². The zero-order valence-electron chi connectivity index (χ0n) is 17.3. The van der Waals surface area contributed by atoms with Crippen LogP contribution in [0, 0.1) is 5.92 Å². The summed E-state index contributed by atoms with van der Waals surface area (Å²) in [7, 11) is 0. The minimum Gasteiger partial charge on any atom is -0.443 e. The Morgan fingerprint density at radius 2 is 1.87 bits per heavy atom. The van der Waals surface area contributed by atoms with Crippen LogP contribution in [0.5, 0.6) is 10.9 Å². The molecule has 2 N–H and O–H groups in total. The highest BCUT2D eigenvalue weighted by molar-refractivity contribution is 7.20. The molecule has 1 saturated heterocycles. The van der Waals surface area contributed by atoms with Crippen molar-refractivity contribution in [3.8, 4) is 10.9 Å². The minimum atomic E-state index is -0.699. The van der Waals surface area contributed by atoms with Gasteiger partial charge in [0, 0.05) is 12.5 Å². The topological polar surface area (TPSA) is 77.7 Å². The van der Waals surface area contributed by atoms with Gasteiger partial charge in [-0.3, -0.25) is 4.90 Å². The van der Waals surface area contributed by atoms with Crippen LogP contribution >= 0.6 is 11.3 Å². The monoisotopic (exact) mass is 425 g/mol. The van der Waals surface area contributed by atoms with Crippen LogP contribution in [0.1, 0.15) is 32.3 Å². The summed E-state index contributed by atoms with van der Waals surface area (Å²) in [6.07, 6.45) is 1.27. The lowest BCUT2D eigenvalue weighted by Gasteiger charge is -2.39. The van der Waals surface area contributed by atoms with E-state index in [4.69, 9.17) is 15.2 Å². The Labute approximate surface area is 180 Å². The summed E-state index contributed by atoms with van der Waals surface area (Å²) in [4.78, 5) is 18.1. The zero-order valence-corrected chi connectivity index (χ0v) is 18.2. The van der Waals surface area contributed by atoms with E-state index in [1.807, 2.05) is 50.2 Å². The van der Waals surface area contributed by atoms with Crippen LogP contribution in [-0.4, -0.2) is 34.7 Å². The lowest BCUT2D eigenvalue weighted by molar-refractivity contribution is -0.0251. The van der Waals surface area contributed by atoms with Crippen LogP contribution in [0.15, 0.2) is 48.5 Å². The zero-order chi connectivity index (χ0) is 21.1. The SMILES string of the molecule is CC(C)(OC(N)=O)C1CCN(Cc2ccc(Oc3nc4ccccc4s3)cc2)CC1. The summed E-state index contributed by atoms with van der Waals surface area (Å²) in [5, 5.41) is 0.659. The average Bonchev–Trinajstić information content (AvgIpc) is 3.11. The number of amides is 1. The highest BCUT2D eigenvalue weighted by Crippen LogP contribution is 2.33. The second-order valence-corrected chi connectivity index (χ2v) is 9.26. The maximum atomic E-state index is 11.1. The van der Waals surface area contributed by atoms with Gasteiger partial charge in [-0.1, -0.05) is 35.6 Å². The molecule has 1 amide bonds. The van der Waals surface area contributed by atoms with Gasteiger partial charge in [0.25, 0.3) is 5.19 Å². The fourth-order valence-electron chi connectivity index (χ4n) is 4.05. The number of carbonyl (C=O) groups is 1. The summed E-state index contributed by atoms with van der Waals surface area (Å²) in [5.41, 5.74) is 6.90. The van der Waals surface area contributed by atoms with Crippen molar-refractivity contribution in [1.29, 1.82) is 0 Å². The van der Waals surface area contributed by atoms with Gasteiger partial charge >= 0.3 is 6.09 Å². The number of aromatic nitrogens is 1. The van der Waals surface area contributed by atoms with E-state index < -0.39 is 11.7 Å². The van der Waals surface area contributed by atoms with Crippen molar-refractivity contribution in [2.75, 3.05) is 13.1 Å². The number of thiazole rings is 1. The highest BCUT2D eigenvalue weighted by atomic mass is 32.1. The molecular formula is C23H27N3O3S. The molecule has 1 aliphatic heterocycles. The van der Waals surface area contributed by atoms with Crippen molar-refractivity contribution >= 4 is 27.6 Å². The number of fused-ring (bicyclic) bond motifs is 1. The fourth-order valence-corrected chi connectivity index (χ4v) is 4.88. The van der Waals surface area contributed by atoms with Crippen LogP contribution < -0.4 is 10.5 Å². The molecule has 30 heavy (non-hydrogen) atoms. The first-order valence-corrected chi connectivity index (χ1v) is 11.0. The summed E-state index contributed by atoms with van der Waals surface area (Å²) in [5.74, 6) is 1.12. The molecule has 0 radical (unpaired) electrons. The van der Waals surface area contributed by atoms with E-state index in [0.717, 1.165) is 48.4 Å². The molecule has 3 aromatic rings. The molecule has 6 nitrogen and oxygen atoms in total. The molecule has 0 atom stereocenters. The fraction of sp³-hybridized carbons (Fsp3) is 0.391. The van der Waals surface area contributed by atoms with Gasteiger partial charge in [0.05, 0.1) is 10.2 Å². The van der Waals surface area contributed by atoms with E-state index in [9.17, 15) is 4.79 Å². The van der Waals surface area contributed by atoms with Gasteiger partial charge in [0.2, 0.25) is 0 Å². The Kier molecular flexibility index (Phi) is 5.92. The van der Waals surface area contributed by atoms with Crippen LogP contribution in [0.4, 0.5) is 4.79 Å². The molecule has 0 aliphatic carbocycles. The standard InChI is InChI=1S/C23H27N3O3S/c1-23(2,29-21(24)27)17-11-13-26(14-12-17)15-16-7-9-18(10-8-16)28-22-25-19-5-3-4-6-20(19)30-22/h3-10,17H,11-15H2,1-2H3,(H2,24,27). The number of piperidine rings is 1. The Morgan fingerprint density at radius 1 is 1.17 bits per heavy atom. The minimum absolute atomic E-state index is 0.325. The highest BCUT2D eigenvalue weighted by Gasteiger charge is 2.35. The number of hydrogen-bond donors (Lipinski definition) is 1. The Hall–Kier alpha value is -2.64. The molecule has 0 unspecified atom stereocenters. The number of carbonyl (C=O) groups excluding carboxylic acids is 1. The van der Waals surface area contributed by atoms with E-state index in [-0.39, 0.29) is 0 Å². The van der Waals surface area contributed by atoms with Crippen molar-refractivity contribution in [2.45, 2.75) is 38.8 Å². The Bertz CT molecular complexity index is 975. The molecule has 2 heterocycles. The van der Waals surface area contributed by atoms with Crippen molar-refractivity contribution in [2.24, 2.45) is 11.7 Å². The molecule has 158 valence electrons. The van der Waals surface area contributed by atoms with Crippen LogP contribution in [-0.2, 0) is 11.3 Å². The predicted octanol–water partition coefficient (Wildman–Crippen LogP) is 5.17. The average molecular weight is 426 g/mol. The van der Waals surface area contributed by atoms with Gasteiger partial charge in [-0.05, 0) is 69.6 Å². The first-order valence-electron chi connectivity index (χ1n) is 10.2. The number of ether oxygens (including phenoxy) is 2. The first-order chi connectivity index (χ1) is 14.4. The van der Waals surface area contributed by atoms with E-state index >= 15 is 0 Å². The number of rotatable bonds is 6. The number of nitrogens with zero attached hydrogens (tertiary/aromatic N) is 2. The summed E-state index contributed by atoms with van der Waals surface area (Å²) in [6, 6.07) is 16.2. The lowest BCUT2D eigenvalue weighted by atomic mass is 9.82. The normalized spacial score (nSPS) is 15.9. The van der Waals surface area contributed by atoms with E-state index in [2.05, 4.69) is 22.0 Å². The molecular weight excluding hydrogens is 398 g/mol. The number of hydrogen-bond acceptors (Lipinski definition) is 6. The third-order valence-electron chi connectivity index (χ3n) is 5.74. The maximum Gasteiger partial charge on any atom is 0.405 e. The lowest BCUT2D eigenvalue weighted by Crippen LogP contribution is -2.44. The summed E-state index contributed by atoms with van der Waals surface area (Å²) in [6.45, 7) is 6.73. The summed E-state index contributed by atoms with van der Waals surface area (Å²) >= 11 is 1.55. The van der Waals surface area contributed by atoms with Crippen molar-refractivity contribution in [3.05, 3.63) is 54.1 Å². The van der Waals surface area contributed by atoms with Gasteiger partial charge in [-0.2, -0.15) is 0 Å². The van der Waals surface area contributed by atoms with E-state index in [1.165, 1.54) is 5.56 Å². The number of likely N-dealkylation sites (tertiary alicyclic amines) is 1. The molecule has 2 aromatic carbocycles. The van der Waals surface area contributed by atoms with Gasteiger partial charge < -0.3 is 15.2 Å². The molecule has 4 rings (SSSR count). The van der Waals surface area contributed by atoms with Crippen LogP contribution in [0.25, 0.3) is 10.2 Å². The molecule has 0 spiro atoms. The van der Waals surface area contributed by atoms with Gasteiger partial charge in [0.1, 0.15) is 11.4 Å².